The first kappa shape index (κ1) is 18.7. The molecule has 1 aliphatic rings. The van der Waals surface area contributed by atoms with Crippen molar-refractivity contribution in [3.8, 4) is 0 Å². The number of rotatable bonds is 6. The Balaban J connectivity index is 1.77. The second kappa shape index (κ2) is 8.52. The van der Waals surface area contributed by atoms with Gasteiger partial charge in [0.2, 0.25) is 0 Å². The van der Waals surface area contributed by atoms with Gasteiger partial charge < -0.3 is 10.2 Å². The summed E-state index contributed by atoms with van der Waals surface area (Å²) in [4.78, 5) is 21.3. The van der Waals surface area contributed by atoms with E-state index in [1.807, 2.05) is 43.3 Å². The fraction of sp³-hybridized carbons (Fsp3) is 0.400. The highest BCUT2D eigenvalue weighted by Crippen LogP contribution is 2.26. The van der Waals surface area contributed by atoms with Gasteiger partial charge >= 0.3 is 0 Å². The van der Waals surface area contributed by atoms with Crippen LogP contribution in [0.5, 0.6) is 0 Å². The summed E-state index contributed by atoms with van der Waals surface area (Å²) in [7, 11) is 3.77. The van der Waals surface area contributed by atoms with Gasteiger partial charge in [-0.15, -0.1) is 0 Å². The van der Waals surface area contributed by atoms with Crippen LogP contribution in [0.2, 0.25) is 5.02 Å². The van der Waals surface area contributed by atoms with Crippen molar-refractivity contribution in [1.82, 2.24) is 15.2 Å². The molecule has 3 rings (SSSR count). The Morgan fingerprint density at radius 2 is 2.04 bits per heavy atom. The number of amides is 1. The van der Waals surface area contributed by atoms with E-state index < -0.39 is 0 Å². The van der Waals surface area contributed by atoms with Gasteiger partial charge in [-0.25, -0.2) is 4.98 Å². The molecule has 1 saturated heterocycles. The van der Waals surface area contributed by atoms with Crippen LogP contribution >= 0.6 is 11.6 Å². The molecule has 0 saturated carbocycles. The van der Waals surface area contributed by atoms with Gasteiger partial charge in [0, 0.05) is 31.9 Å². The summed E-state index contributed by atoms with van der Waals surface area (Å²) in [5.74, 6) is 0.568. The van der Waals surface area contributed by atoms with E-state index >= 15 is 0 Å². The zero-order chi connectivity index (χ0) is 18.5. The second-order valence-electron chi connectivity index (χ2n) is 6.79. The first-order valence-electron chi connectivity index (χ1n) is 8.96. The van der Waals surface area contributed by atoms with Crippen LogP contribution in [0.15, 0.2) is 42.6 Å². The molecule has 5 nitrogen and oxygen atoms in total. The molecule has 138 valence electrons. The fourth-order valence-corrected chi connectivity index (χ4v) is 3.64. The highest BCUT2D eigenvalue weighted by atomic mass is 35.5. The maximum atomic E-state index is 12.8. The monoisotopic (exact) mass is 372 g/mol. The van der Waals surface area contributed by atoms with Crippen LogP contribution in [-0.4, -0.2) is 49.5 Å². The minimum atomic E-state index is -0.104. The van der Waals surface area contributed by atoms with Crippen LogP contribution in [0.3, 0.4) is 0 Å². The molecule has 1 atom stereocenters. The maximum Gasteiger partial charge on any atom is 0.255 e. The summed E-state index contributed by atoms with van der Waals surface area (Å²) in [5.41, 5.74) is 1.72. The van der Waals surface area contributed by atoms with E-state index in [0.717, 1.165) is 23.7 Å². The lowest BCUT2D eigenvalue weighted by atomic mass is 10.1. The van der Waals surface area contributed by atoms with E-state index in [9.17, 15) is 4.79 Å². The average molecular weight is 373 g/mol. The quantitative estimate of drug-likeness (QED) is 0.844. The average Bonchev–Trinajstić information content (AvgIpc) is 3.16. The van der Waals surface area contributed by atoms with Crippen molar-refractivity contribution in [3.05, 3.63) is 58.7 Å². The van der Waals surface area contributed by atoms with E-state index in [-0.39, 0.29) is 11.9 Å². The highest BCUT2D eigenvalue weighted by molar-refractivity contribution is 6.30. The van der Waals surface area contributed by atoms with E-state index in [4.69, 9.17) is 11.6 Å². The van der Waals surface area contributed by atoms with Crippen molar-refractivity contribution in [2.24, 2.45) is 0 Å². The van der Waals surface area contributed by atoms with Crippen LogP contribution in [0, 0.1) is 0 Å². The fourth-order valence-electron chi connectivity index (χ4n) is 3.44. The summed E-state index contributed by atoms with van der Waals surface area (Å²) in [6, 6.07) is 11.6. The first-order valence-corrected chi connectivity index (χ1v) is 9.34. The number of anilines is 1. The van der Waals surface area contributed by atoms with Gasteiger partial charge in [0.15, 0.2) is 0 Å². The Hall–Kier alpha value is -2.11. The topological polar surface area (TPSA) is 48.5 Å². The minimum absolute atomic E-state index is 0.104. The van der Waals surface area contributed by atoms with E-state index in [1.165, 1.54) is 12.8 Å². The third kappa shape index (κ3) is 4.34. The lowest BCUT2D eigenvalue weighted by Crippen LogP contribution is -2.37. The molecule has 2 aromatic rings. The second-order valence-corrected chi connectivity index (χ2v) is 7.23. The number of hydrogen-bond acceptors (Lipinski definition) is 4. The molecular weight excluding hydrogens is 348 g/mol. The zero-order valence-corrected chi connectivity index (χ0v) is 16.0. The molecule has 2 heterocycles. The molecular formula is C20H25ClN4O. The number of hydrogen-bond donors (Lipinski definition) is 1. The Morgan fingerprint density at radius 1 is 1.27 bits per heavy atom. The summed E-state index contributed by atoms with van der Waals surface area (Å²) in [6.45, 7) is 2.63. The van der Waals surface area contributed by atoms with Crippen molar-refractivity contribution in [2.45, 2.75) is 18.9 Å². The van der Waals surface area contributed by atoms with Crippen LogP contribution in [0.4, 0.5) is 5.82 Å². The zero-order valence-electron chi connectivity index (χ0n) is 15.3. The van der Waals surface area contributed by atoms with Crippen LogP contribution in [0.25, 0.3) is 0 Å². The third-order valence-electron chi connectivity index (χ3n) is 4.73. The summed E-state index contributed by atoms with van der Waals surface area (Å²) < 4.78 is 0. The molecule has 0 aliphatic carbocycles. The molecule has 26 heavy (non-hydrogen) atoms. The number of carbonyl (C=O) groups excluding carboxylic acids is 1. The number of nitrogens with zero attached hydrogens (tertiary/aromatic N) is 3. The Morgan fingerprint density at radius 3 is 2.73 bits per heavy atom. The molecule has 0 spiro atoms. The largest absolute Gasteiger partial charge is 0.362 e. The Labute approximate surface area is 160 Å². The predicted molar refractivity (Wildman–Crippen MR) is 106 cm³/mol. The summed E-state index contributed by atoms with van der Waals surface area (Å²) in [6.07, 6.45) is 4.09. The summed E-state index contributed by atoms with van der Waals surface area (Å²) >= 11 is 6.19. The smallest absolute Gasteiger partial charge is 0.255 e. The highest BCUT2D eigenvalue weighted by Gasteiger charge is 2.25. The van der Waals surface area contributed by atoms with Crippen LogP contribution in [0.1, 0.15) is 34.8 Å². The van der Waals surface area contributed by atoms with Gasteiger partial charge in [0.1, 0.15) is 5.82 Å². The Bertz CT molecular complexity index is 759. The number of pyridine rings is 1. The lowest BCUT2D eigenvalue weighted by Gasteiger charge is -2.28. The molecule has 1 aromatic heterocycles. The third-order valence-corrected chi connectivity index (χ3v) is 4.96. The SMILES string of the molecule is CN(C)c1ncccc1C(=O)NCC(c1cccc(Cl)c1)N1CCCC1. The molecule has 6 heteroatoms. The van der Waals surface area contributed by atoms with Crippen LogP contribution in [-0.2, 0) is 0 Å². The van der Waals surface area contributed by atoms with Gasteiger partial charge in [-0.1, -0.05) is 23.7 Å². The number of nitrogens with one attached hydrogen (secondary N) is 1. The van der Waals surface area contributed by atoms with Gasteiger partial charge in [0.05, 0.1) is 11.6 Å². The van der Waals surface area contributed by atoms with E-state index in [2.05, 4.69) is 21.3 Å². The van der Waals surface area contributed by atoms with Gasteiger partial charge in [-0.2, -0.15) is 0 Å². The maximum absolute atomic E-state index is 12.8. The van der Waals surface area contributed by atoms with Crippen molar-refractivity contribution < 1.29 is 4.79 Å². The number of likely N-dealkylation sites (tertiary alicyclic amines) is 1. The van der Waals surface area contributed by atoms with Crippen molar-refractivity contribution >= 4 is 23.3 Å². The molecule has 1 aliphatic heterocycles. The predicted octanol–water partition coefficient (Wildman–Crippen LogP) is 3.37. The van der Waals surface area contributed by atoms with Crippen molar-refractivity contribution in [1.29, 1.82) is 0 Å². The molecule has 1 N–H and O–H groups in total. The number of halogens is 1. The van der Waals surface area contributed by atoms with Gasteiger partial charge in [-0.3, -0.25) is 9.69 Å². The molecule has 1 aromatic carbocycles. The molecule has 1 amide bonds. The minimum Gasteiger partial charge on any atom is -0.362 e. The molecule has 0 radical (unpaired) electrons. The standard InChI is InChI=1S/C20H25ClN4O/c1-24(2)19-17(9-6-10-22-19)20(26)23-14-18(25-11-3-4-12-25)15-7-5-8-16(21)13-15/h5-10,13,18H,3-4,11-12,14H2,1-2H3,(H,23,26). The molecule has 1 fully saturated rings. The summed E-state index contributed by atoms with van der Waals surface area (Å²) in [5, 5.41) is 3.82. The van der Waals surface area contributed by atoms with Crippen LogP contribution < -0.4 is 10.2 Å². The lowest BCUT2D eigenvalue weighted by molar-refractivity contribution is 0.0938. The number of benzene rings is 1. The van der Waals surface area contributed by atoms with Crippen molar-refractivity contribution in [3.63, 3.8) is 0 Å². The normalized spacial score (nSPS) is 15.7. The van der Waals surface area contributed by atoms with E-state index in [1.54, 1.807) is 12.3 Å². The van der Waals surface area contributed by atoms with Gasteiger partial charge in [-0.05, 0) is 55.8 Å². The first-order chi connectivity index (χ1) is 12.6. The number of aromatic nitrogens is 1. The van der Waals surface area contributed by atoms with E-state index in [0.29, 0.717) is 17.9 Å². The molecule has 1 unspecified atom stereocenters. The number of carbonyl (C=O) groups is 1. The van der Waals surface area contributed by atoms with Gasteiger partial charge in [0.25, 0.3) is 5.91 Å². The van der Waals surface area contributed by atoms with Crippen molar-refractivity contribution in [2.75, 3.05) is 38.6 Å². The molecule has 0 bridgehead atoms. The Kier molecular flexibility index (Phi) is 6.12.